The number of hydrogen-bond acceptors (Lipinski definition) is 5. The standard InChI is InChI=1S/C12H14FN3O2S2/c1-8-15-6-10(19-8)7-16-20(17,18)12-4-9(5-14)2-3-11(12)13/h2-4,6,16H,5,7,14H2,1H3. The molecular weight excluding hydrogens is 301 g/mol. The number of hydrogen-bond donors (Lipinski definition) is 2. The Balaban J connectivity index is 2.21. The summed E-state index contributed by atoms with van der Waals surface area (Å²) in [5.41, 5.74) is 5.99. The summed E-state index contributed by atoms with van der Waals surface area (Å²) >= 11 is 1.38. The van der Waals surface area contributed by atoms with Crippen LogP contribution in [0.25, 0.3) is 0 Å². The van der Waals surface area contributed by atoms with Crippen molar-refractivity contribution in [2.75, 3.05) is 0 Å². The summed E-state index contributed by atoms with van der Waals surface area (Å²) in [5, 5.41) is 0.843. The van der Waals surface area contributed by atoms with Crippen LogP contribution in [0.5, 0.6) is 0 Å². The zero-order chi connectivity index (χ0) is 14.8. The third-order valence-corrected chi connectivity index (χ3v) is 4.96. The van der Waals surface area contributed by atoms with Gasteiger partial charge in [0.15, 0.2) is 0 Å². The largest absolute Gasteiger partial charge is 0.326 e. The number of nitrogens with two attached hydrogens (primary N) is 1. The number of aryl methyl sites for hydroxylation is 1. The van der Waals surface area contributed by atoms with Gasteiger partial charge in [-0.2, -0.15) is 0 Å². The summed E-state index contributed by atoms with van der Waals surface area (Å²) < 4.78 is 40.2. The number of nitrogens with one attached hydrogen (secondary N) is 1. The van der Waals surface area contributed by atoms with Crippen LogP contribution >= 0.6 is 11.3 Å². The summed E-state index contributed by atoms with van der Waals surface area (Å²) in [6.07, 6.45) is 1.59. The Hall–Kier alpha value is -1.35. The van der Waals surface area contributed by atoms with E-state index in [1.165, 1.54) is 23.5 Å². The SMILES string of the molecule is Cc1ncc(CNS(=O)(=O)c2cc(CN)ccc2F)s1. The van der Waals surface area contributed by atoms with Crippen LogP contribution in [0.2, 0.25) is 0 Å². The topological polar surface area (TPSA) is 85.1 Å². The first-order valence-electron chi connectivity index (χ1n) is 5.82. The molecule has 0 aliphatic rings. The minimum absolute atomic E-state index is 0.0835. The van der Waals surface area contributed by atoms with Gasteiger partial charge in [0.2, 0.25) is 10.0 Å². The summed E-state index contributed by atoms with van der Waals surface area (Å²) in [7, 11) is -3.91. The fourth-order valence-electron chi connectivity index (χ4n) is 1.61. The molecule has 0 spiro atoms. The van der Waals surface area contributed by atoms with Crippen LogP contribution in [-0.4, -0.2) is 13.4 Å². The van der Waals surface area contributed by atoms with Crippen molar-refractivity contribution >= 4 is 21.4 Å². The van der Waals surface area contributed by atoms with Gasteiger partial charge in [-0.25, -0.2) is 22.5 Å². The Labute approximate surface area is 120 Å². The third kappa shape index (κ3) is 3.40. The lowest BCUT2D eigenvalue weighted by molar-refractivity contribution is 0.556. The second-order valence-electron chi connectivity index (χ2n) is 4.14. The number of halogens is 1. The zero-order valence-corrected chi connectivity index (χ0v) is 12.4. The molecule has 1 aromatic carbocycles. The van der Waals surface area contributed by atoms with Crippen LogP contribution in [0, 0.1) is 12.7 Å². The Bertz CT molecular complexity index is 713. The molecule has 0 aliphatic heterocycles. The van der Waals surface area contributed by atoms with E-state index in [-0.39, 0.29) is 18.0 Å². The number of aromatic nitrogens is 1. The highest BCUT2D eigenvalue weighted by atomic mass is 32.2. The molecule has 0 amide bonds. The first kappa shape index (κ1) is 15.0. The molecule has 5 nitrogen and oxygen atoms in total. The number of thiazole rings is 1. The minimum Gasteiger partial charge on any atom is -0.326 e. The third-order valence-electron chi connectivity index (χ3n) is 2.63. The molecule has 0 radical (unpaired) electrons. The van der Waals surface area contributed by atoms with Crippen molar-refractivity contribution in [2.45, 2.75) is 24.9 Å². The maximum Gasteiger partial charge on any atom is 0.243 e. The van der Waals surface area contributed by atoms with Crippen molar-refractivity contribution in [3.63, 3.8) is 0 Å². The number of sulfonamides is 1. The molecule has 20 heavy (non-hydrogen) atoms. The van der Waals surface area contributed by atoms with Gasteiger partial charge in [-0.05, 0) is 24.6 Å². The lowest BCUT2D eigenvalue weighted by Crippen LogP contribution is -2.24. The molecule has 0 saturated carbocycles. The smallest absolute Gasteiger partial charge is 0.243 e. The Morgan fingerprint density at radius 2 is 2.20 bits per heavy atom. The van der Waals surface area contributed by atoms with Gasteiger partial charge in [-0.1, -0.05) is 6.07 Å². The van der Waals surface area contributed by atoms with E-state index in [0.29, 0.717) is 5.56 Å². The first-order valence-corrected chi connectivity index (χ1v) is 8.12. The van der Waals surface area contributed by atoms with Gasteiger partial charge < -0.3 is 5.73 Å². The van der Waals surface area contributed by atoms with Crippen LogP contribution < -0.4 is 10.5 Å². The van der Waals surface area contributed by atoms with Crippen LogP contribution in [0.4, 0.5) is 4.39 Å². The molecule has 8 heteroatoms. The van der Waals surface area contributed by atoms with E-state index in [2.05, 4.69) is 9.71 Å². The molecule has 0 unspecified atom stereocenters. The predicted octanol–water partition coefficient (Wildman–Crippen LogP) is 1.53. The van der Waals surface area contributed by atoms with Crippen molar-refractivity contribution in [3.8, 4) is 0 Å². The molecule has 1 heterocycles. The average Bonchev–Trinajstić information content (AvgIpc) is 2.83. The van der Waals surface area contributed by atoms with Gasteiger partial charge >= 0.3 is 0 Å². The van der Waals surface area contributed by atoms with Gasteiger partial charge in [-0.3, -0.25) is 0 Å². The van der Waals surface area contributed by atoms with Crippen LogP contribution in [0.15, 0.2) is 29.3 Å². The molecular formula is C12H14FN3O2S2. The van der Waals surface area contributed by atoms with Crippen molar-refractivity contribution in [3.05, 3.63) is 45.7 Å². The molecule has 0 atom stereocenters. The fraction of sp³-hybridized carbons (Fsp3) is 0.250. The molecule has 1 aromatic heterocycles. The van der Waals surface area contributed by atoms with Crippen LogP contribution in [0.3, 0.4) is 0 Å². The second-order valence-corrected chi connectivity index (χ2v) is 7.19. The van der Waals surface area contributed by atoms with Crippen molar-refractivity contribution in [1.82, 2.24) is 9.71 Å². The van der Waals surface area contributed by atoms with Gasteiger partial charge in [0.25, 0.3) is 0 Å². The maximum atomic E-state index is 13.7. The summed E-state index contributed by atoms with van der Waals surface area (Å²) in [5.74, 6) is -0.796. The normalized spacial score (nSPS) is 11.8. The maximum absolute atomic E-state index is 13.7. The van der Waals surface area contributed by atoms with Gasteiger partial charge in [-0.15, -0.1) is 11.3 Å². The lowest BCUT2D eigenvalue weighted by atomic mass is 10.2. The molecule has 0 fully saturated rings. The summed E-state index contributed by atoms with van der Waals surface area (Å²) in [6, 6.07) is 3.81. The van der Waals surface area contributed by atoms with E-state index in [4.69, 9.17) is 5.73 Å². The minimum atomic E-state index is -3.91. The van der Waals surface area contributed by atoms with E-state index in [0.717, 1.165) is 16.0 Å². The second kappa shape index (κ2) is 5.96. The lowest BCUT2D eigenvalue weighted by Gasteiger charge is -2.08. The predicted molar refractivity (Wildman–Crippen MR) is 75.2 cm³/mol. The fourth-order valence-corrected chi connectivity index (χ4v) is 3.57. The van der Waals surface area contributed by atoms with Gasteiger partial charge in [0, 0.05) is 24.2 Å². The first-order chi connectivity index (χ1) is 9.42. The van der Waals surface area contributed by atoms with E-state index < -0.39 is 15.8 Å². The summed E-state index contributed by atoms with van der Waals surface area (Å²) in [6.45, 7) is 2.06. The number of benzene rings is 1. The van der Waals surface area contributed by atoms with E-state index in [1.54, 1.807) is 6.20 Å². The van der Waals surface area contributed by atoms with Gasteiger partial charge in [0.1, 0.15) is 10.7 Å². The van der Waals surface area contributed by atoms with Crippen molar-refractivity contribution in [1.29, 1.82) is 0 Å². The Kier molecular flexibility index (Phi) is 4.48. The van der Waals surface area contributed by atoms with Crippen LogP contribution in [-0.2, 0) is 23.1 Å². The highest BCUT2D eigenvalue weighted by Gasteiger charge is 2.19. The quantitative estimate of drug-likeness (QED) is 0.876. The Morgan fingerprint density at radius 1 is 1.45 bits per heavy atom. The van der Waals surface area contributed by atoms with Crippen LogP contribution in [0.1, 0.15) is 15.4 Å². The van der Waals surface area contributed by atoms with E-state index in [9.17, 15) is 12.8 Å². The molecule has 108 valence electrons. The molecule has 0 saturated heterocycles. The highest BCUT2D eigenvalue weighted by molar-refractivity contribution is 7.89. The summed E-state index contributed by atoms with van der Waals surface area (Å²) in [4.78, 5) is 4.41. The molecule has 2 rings (SSSR count). The highest BCUT2D eigenvalue weighted by Crippen LogP contribution is 2.17. The van der Waals surface area contributed by atoms with E-state index in [1.807, 2.05) is 6.92 Å². The van der Waals surface area contributed by atoms with Crippen molar-refractivity contribution < 1.29 is 12.8 Å². The number of rotatable bonds is 5. The van der Waals surface area contributed by atoms with Gasteiger partial charge in [0.05, 0.1) is 5.01 Å². The molecule has 0 aliphatic carbocycles. The zero-order valence-electron chi connectivity index (χ0n) is 10.8. The monoisotopic (exact) mass is 315 g/mol. The molecule has 3 N–H and O–H groups in total. The molecule has 2 aromatic rings. The number of nitrogens with zero attached hydrogens (tertiary/aromatic N) is 1. The molecule has 0 bridgehead atoms. The average molecular weight is 315 g/mol. The van der Waals surface area contributed by atoms with Crippen molar-refractivity contribution in [2.24, 2.45) is 5.73 Å². The van der Waals surface area contributed by atoms with E-state index >= 15 is 0 Å². The Morgan fingerprint density at radius 3 is 2.80 bits per heavy atom.